The fourth-order valence-electron chi connectivity index (χ4n) is 1.51. The Morgan fingerprint density at radius 2 is 2.29 bits per heavy atom. The summed E-state index contributed by atoms with van der Waals surface area (Å²) in [7, 11) is 0. The summed E-state index contributed by atoms with van der Waals surface area (Å²) in [5, 5.41) is 0. The molecule has 1 amide bonds. The first-order valence-corrected chi connectivity index (χ1v) is 6.40. The molecule has 3 nitrogen and oxygen atoms in total. The van der Waals surface area contributed by atoms with Crippen molar-refractivity contribution in [3.63, 3.8) is 0 Å². The number of rotatable bonds is 5. The molecule has 0 saturated carbocycles. The molecule has 0 aliphatic carbocycles. The van der Waals surface area contributed by atoms with Gasteiger partial charge in [-0.15, -0.1) is 0 Å². The number of nitrogens with two attached hydrogens (primary N) is 1. The molecule has 2 N–H and O–H groups in total. The van der Waals surface area contributed by atoms with Crippen LogP contribution in [-0.2, 0) is 4.79 Å². The highest BCUT2D eigenvalue weighted by atomic mass is 32.2. The normalized spacial score (nSPS) is 18.4. The summed E-state index contributed by atoms with van der Waals surface area (Å²) in [6.07, 6.45) is 4.10. The fraction of sp³-hybridized carbons (Fsp3) is 0.800. The van der Waals surface area contributed by atoms with Gasteiger partial charge < -0.3 is 10.6 Å². The molecule has 0 aromatic carbocycles. The summed E-state index contributed by atoms with van der Waals surface area (Å²) < 4.78 is 0. The maximum absolute atomic E-state index is 11.5. The molecule has 0 atom stereocenters. The van der Waals surface area contributed by atoms with Gasteiger partial charge in [0.25, 0.3) is 0 Å². The van der Waals surface area contributed by atoms with Crippen LogP contribution in [0.1, 0.15) is 25.7 Å². The van der Waals surface area contributed by atoms with E-state index in [2.05, 4.69) is 0 Å². The van der Waals surface area contributed by atoms with Gasteiger partial charge in [-0.1, -0.05) is 6.42 Å². The van der Waals surface area contributed by atoms with Crippen LogP contribution >= 0.6 is 11.8 Å². The van der Waals surface area contributed by atoms with Crippen molar-refractivity contribution >= 4 is 17.7 Å². The van der Waals surface area contributed by atoms with Crippen LogP contribution in [0.4, 0.5) is 0 Å². The summed E-state index contributed by atoms with van der Waals surface area (Å²) in [6.45, 7) is 3.64. The average molecular weight is 215 g/mol. The summed E-state index contributed by atoms with van der Waals surface area (Å²) >= 11 is 1.78. The van der Waals surface area contributed by atoms with Gasteiger partial charge in [0.05, 0.1) is 6.54 Å². The highest BCUT2D eigenvalue weighted by molar-refractivity contribution is 7.99. The highest BCUT2D eigenvalue weighted by Gasteiger charge is 2.15. The third-order valence-electron chi connectivity index (χ3n) is 2.28. The number of nitrogens with zero attached hydrogens (tertiary/aromatic N) is 1. The van der Waals surface area contributed by atoms with Crippen molar-refractivity contribution in [3.8, 4) is 0 Å². The van der Waals surface area contributed by atoms with E-state index >= 15 is 0 Å². The van der Waals surface area contributed by atoms with E-state index in [1.165, 1.54) is 6.42 Å². The van der Waals surface area contributed by atoms with Gasteiger partial charge in [-0.25, -0.2) is 0 Å². The van der Waals surface area contributed by atoms with E-state index in [9.17, 15) is 4.79 Å². The Hall–Kier alpha value is -0.220. The van der Waals surface area contributed by atoms with Crippen molar-refractivity contribution in [1.29, 1.82) is 0 Å². The first-order chi connectivity index (χ1) is 6.84. The van der Waals surface area contributed by atoms with E-state index in [-0.39, 0.29) is 5.91 Å². The van der Waals surface area contributed by atoms with Gasteiger partial charge in [0, 0.05) is 31.0 Å². The molecular weight excluding hydrogens is 196 g/mol. The minimum absolute atomic E-state index is 0.288. The van der Waals surface area contributed by atoms with Crippen molar-refractivity contribution in [3.05, 3.63) is 6.54 Å². The molecule has 0 aromatic heterocycles. The van der Waals surface area contributed by atoms with Crippen LogP contribution in [0.25, 0.3) is 0 Å². The zero-order valence-electron chi connectivity index (χ0n) is 8.58. The van der Waals surface area contributed by atoms with E-state index in [4.69, 9.17) is 5.73 Å². The molecule has 0 bridgehead atoms. The van der Waals surface area contributed by atoms with Crippen molar-refractivity contribution < 1.29 is 4.79 Å². The van der Waals surface area contributed by atoms with Crippen molar-refractivity contribution in [2.24, 2.45) is 5.73 Å². The molecule has 0 aromatic rings. The number of thioether (sulfide) groups is 1. The first-order valence-electron chi connectivity index (χ1n) is 5.25. The number of hydrogen-bond donors (Lipinski definition) is 1. The Balaban J connectivity index is 2.16. The molecule has 1 aliphatic rings. The van der Waals surface area contributed by atoms with E-state index in [1.807, 2.05) is 11.4 Å². The first kappa shape index (κ1) is 11.9. The quantitative estimate of drug-likeness (QED) is 0.702. The molecule has 0 spiro atoms. The molecule has 1 saturated heterocycles. The molecule has 1 rings (SSSR count). The maximum atomic E-state index is 11.5. The Morgan fingerprint density at radius 3 is 3.07 bits per heavy atom. The Kier molecular flexibility index (Phi) is 6.03. The Morgan fingerprint density at radius 1 is 1.43 bits per heavy atom. The van der Waals surface area contributed by atoms with Crippen molar-refractivity contribution in [2.45, 2.75) is 25.7 Å². The molecule has 1 aliphatic heterocycles. The lowest BCUT2D eigenvalue weighted by molar-refractivity contribution is -0.129. The van der Waals surface area contributed by atoms with Crippen LogP contribution in [0.15, 0.2) is 0 Å². The van der Waals surface area contributed by atoms with E-state index in [0.29, 0.717) is 6.54 Å². The Bertz CT molecular complexity index is 176. The number of hydrogen-bond acceptors (Lipinski definition) is 3. The highest BCUT2D eigenvalue weighted by Crippen LogP contribution is 2.13. The second-order valence-corrected chi connectivity index (χ2v) is 4.59. The maximum Gasteiger partial charge on any atom is 0.222 e. The van der Waals surface area contributed by atoms with Crippen LogP contribution in [0, 0.1) is 6.54 Å². The second kappa shape index (κ2) is 7.12. The molecule has 81 valence electrons. The lowest BCUT2D eigenvalue weighted by atomic mass is 10.2. The molecule has 4 heteroatoms. The van der Waals surface area contributed by atoms with E-state index < -0.39 is 0 Å². The van der Waals surface area contributed by atoms with Crippen LogP contribution < -0.4 is 5.73 Å². The zero-order valence-corrected chi connectivity index (χ0v) is 9.39. The SMILES string of the molecule is NCCSC[CH]N1CCCCCC1=O. The minimum atomic E-state index is 0.288. The molecular formula is C10H19N2OS. The standard InChI is InChI=1S/C10H19N2OS/c11-5-8-14-9-7-12-6-3-1-2-4-10(12)13/h7H,1-6,8-9,11H2. The summed E-state index contributed by atoms with van der Waals surface area (Å²) in [4.78, 5) is 13.4. The summed E-state index contributed by atoms with van der Waals surface area (Å²) in [6, 6.07) is 0. The summed E-state index contributed by atoms with van der Waals surface area (Å²) in [5.41, 5.74) is 5.38. The second-order valence-electron chi connectivity index (χ2n) is 3.44. The smallest absolute Gasteiger partial charge is 0.222 e. The molecule has 1 heterocycles. The fourth-order valence-corrected chi connectivity index (χ4v) is 2.12. The average Bonchev–Trinajstić information content (AvgIpc) is 2.39. The molecule has 0 unspecified atom stereocenters. The van der Waals surface area contributed by atoms with E-state index in [1.54, 1.807) is 11.8 Å². The number of likely N-dealkylation sites (tertiary alicyclic amines) is 1. The van der Waals surface area contributed by atoms with Gasteiger partial charge in [0.1, 0.15) is 0 Å². The van der Waals surface area contributed by atoms with Gasteiger partial charge in [0.2, 0.25) is 5.91 Å². The summed E-state index contributed by atoms with van der Waals surface area (Å²) in [5.74, 6) is 2.16. The van der Waals surface area contributed by atoms with Gasteiger partial charge in [0.15, 0.2) is 0 Å². The van der Waals surface area contributed by atoms with Gasteiger partial charge in [-0.05, 0) is 12.8 Å². The third kappa shape index (κ3) is 4.33. The Labute approximate surface area is 90.4 Å². The monoisotopic (exact) mass is 215 g/mol. The number of amides is 1. The van der Waals surface area contributed by atoms with Crippen LogP contribution in [-0.4, -0.2) is 35.4 Å². The number of carbonyl (C=O) groups excluding carboxylic acids is 1. The van der Waals surface area contributed by atoms with Crippen molar-refractivity contribution in [1.82, 2.24) is 4.90 Å². The van der Waals surface area contributed by atoms with Crippen LogP contribution in [0.2, 0.25) is 0 Å². The topological polar surface area (TPSA) is 46.3 Å². The molecule has 1 fully saturated rings. The van der Waals surface area contributed by atoms with E-state index in [0.717, 1.165) is 37.3 Å². The predicted octanol–water partition coefficient (Wildman–Crippen LogP) is 1.24. The molecule has 14 heavy (non-hydrogen) atoms. The third-order valence-corrected chi connectivity index (χ3v) is 3.19. The minimum Gasteiger partial charge on any atom is -0.337 e. The van der Waals surface area contributed by atoms with Gasteiger partial charge in [-0.3, -0.25) is 4.79 Å². The lowest BCUT2D eigenvalue weighted by Gasteiger charge is -2.19. The van der Waals surface area contributed by atoms with Crippen LogP contribution in [0.3, 0.4) is 0 Å². The zero-order chi connectivity index (χ0) is 10.2. The predicted molar refractivity (Wildman–Crippen MR) is 60.9 cm³/mol. The molecule has 1 radical (unpaired) electrons. The van der Waals surface area contributed by atoms with Gasteiger partial charge >= 0.3 is 0 Å². The number of carbonyl (C=O) groups is 1. The van der Waals surface area contributed by atoms with Crippen molar-refractivity contribution in [2.75, 3.05) is 24.6 Å². The lowest BCUT2D eigenvalue weighted by Crippen LogP contribution is -2.28. The van der Waals surface area contributed by atoms with Crippen LogP contribution in [0.5, 0.6) is 0 Å². The largest absolute Gasteiger partial charge is 0.337 e. The van der Waals surface area contributed by atoms with Gasteiger partial charge in [-0.2, -0.15) is 11.8 Å².